The minimum atomic E-state index is -0.699. The maximum absolute atomic E-state index is 9.40. The zero-order chi connectivity index (χ0) is 8.20. The van der Waals surface area contributed by atoms with Crippen molar-refractivity contribution >= 4 is 9.24 Å². The molecule has 0 radical (unpaired) electrons. The average molecular weight is 164 g/mol. The van der Waals surface area contributed by atoms with Crippen molar-refractivity contribution in [3.8, 4) is 0 Å². The van der Waals surface area contributed by atoms with E-state index in [9.17, 15) is 5.11 Å². The van der Waals surface area contributed by atoms with E-state index >= 15 is 0 Å². The van der Waals surface area contributed by atoms with Crippen LogP contribution in [0, 0.1) is 5.92 Å². The summed E-state index contributed by atoms with van der Waals surface area (Å²) in [7, 11) is 2.40. The summed E-state index contributed by atoms with van der Waals surface area (Å²) in [4.78, 5) is 0. The Labute approximate surface area is 65.2 Å². The van der Waals surface area contributed by atoms with Crippen LogP contribution in [-0.4, -0.2) is 23.7 Å². The molecule has 0 rings (SSSR count). The van der Waals surface area contributed by atoms with Gasteiger partial charge < -0.3 is 9.84 Å². The van der Waals surface area contributed by atoms with Gasteiger partial charge in [-0.1, -0.05) is 6.92 Å². The minimum Gasteiger partial charge on any atom is -0.386 e. The lowest BCUT2D eigenvalue weighted by Gasteiger charge is -2.24. The van der Waals surface area contributed by atoms with Crippen molar-refractivity contribution in [2.45, 2.75) is 26.1 Å². The Kier molecular flexibility index (Phi) is 4.42. The van der Waals surface area contributed by atoms with Gasteiger partial charge in [-0.15, -0.1) is 9.24 Å². The highest BCUT2D eigenvalue weighted by atomic mass is 31.0. The topological polar surface area (TPSA) is 29.5 Å². The molecule has 0 heterocycles. The van der Waals surface area contributed by atoms with Gasteiger partial charge in [0.1, 0.15) is 0 Å². The molecular formula is C7H17O2P. The maximum atomic E-state index is 9.40. The van der Waals surface area contributed by atoms with Crippen LogP contribution in [0.15, 0.2) is 0 Å². The number of aliphatic hydroxyl groups is 1. The van der Waals surface area contributed by atoms with Crippen LogP contribution < -0.4 is 0 Å². The lowest BCUT2D eigenvalue weighted by atomic mass is 10.1. The molecule has 1 N–H and O–H groups in total. The Hall–Kier alpha value is 0.350. The van der Waals surface area contributed by atoms with E-state index < -0.39 is 5.34 Å². The molecule has 3 heteroatoms. The van der Waals surface area contributed by atoms with Gasteiger partial charge in [-0.3, -0.25) is 0 Å². The fourth-order valence-corrected chi connectivity index (χ4v) is 0.560. The number of ether oxygens (including phenoxy) is 1. The summed E-state index contributed by atoms with van der Waals surface area (Å²) in [6.45, 7) is 7.01. The molecule has 10 heavy (non-hydrogen) atoms. The van der Waals surface area contributed by atoms with E-state index in [1.165, 1.54) is 0 Å². The maximum Gasteiger partial charge on any atom is 0.0797 e. The van der Waals surface area contributed by atoms with E-state index in [-0.39, 0.29) is 5.92 Å². The summed E-state index contributed by atoms with van der Waals surface area (Å²) in [5, 5.41) is 8.70. The number of hydrogen-bond donors (Lipinski definition) is 1. The Morgan fingerprint density at radius 2 is 2.20 bits per heavy atom. The zero-order valence-electron chi connectivity index (χ0n) is 6.92. The van der Waals surface area contributed by atoms with Crippen LogP contribution in [-0.2, 0) is 4.74 Å². The molecular weight excluding hydrogens is 147 g/mol. The predicted molar refractivity (Wildman–Crippen MR) is 46.0 cm³/mol. The fourth-order valence-electron chi connectivity index (χ4n) is 0.463. The van der Waals surface area contributed by atoms with Gasteiger partial charge in [0.25, 0.3) is 0 Å². The van der Waals surface area contributed by atoms with E-state index in [0.29, 0.717) is 13.2 Å². The van der Waals surface area contributed by atoms with E-state index in [1.807, 2.05) is 13.8 Å². The van der Waals surface area contributed by atoms with E-state index in [1.54, 1.807) is 6.92 Å². The van der Waals surface area contributed by atoms with Crippen LogP contribution in [0.4, 0.5) is 0 Å². The third-order valence-electron chi connectivity index (χ3n) is 1.57. The molecule has 0 amide bonds. The highest BCUT2D eigenvalue weighted by Gasteiger charge is 2.21. The van der Waals surface area contributed by atoms with Gasteiger partial charge in [0.05, 0.1) is 11.9 Å². The molecule has 0 aliphatic heterocycles. The molecule has 0 aliphatic carbocycles. The molecule has 2 nitrogen and oxygen atoms in total. The van der Waals surface area contributed by atoms with E-state index in [0.717, 1.165) is 0 Å². The Morgan fingerprint density at radius 1 is 1.70 bits per heavy atom. The summed E-state index contributed by atoms with van der Waals surface area (Å²) in [5.41, 5.74) is 0. The summed E-state index contributed by atoms with van der Waals surface area (Å²) in [6, 6.07) is 0. The molecule has 0 aromatic rings. The highest BCUT2D eigenvalue weighted by molar-refractivity contribution is 7.18. The van der Waals surface area contributed by atoms with Crippen LogP contribution in [0.5, 0.6) is 0 Å². The van der Waals surface area contributed by atoms with Crippen molar-refractivity contribution in [1.29, 1.82) is 0 Å². The van der Waals surface area contributed by atoms with Gasteiger partial charge in [0, 0.05) is 12.5 Å². The third kappa shape index (κ3) is 4.21. The standard InChI is InChI=1S/C7H17O2P/c1-4-9-5-6(2)7(3,8)10/h6,8H,4-5,10H2,1-3H3. The number of rotatable bonds is 4. The minimum absolute atomic E-state index is 0.164. The average Bonchev–Trinajstić information content (AvgIpc) is 1.80. The summed E-state index contributed by atoms with van der Waals surface area (Å²) < 4.78 is 5.15. The second-order valence-corrected chi connectivity index (χ2v) is 3.96. The highest BCUT2D eigenvalue weighted by Crippen LogP contribution is 2.23. The first-order valence-corrected chi connectivity index (χ1v) is 4.15. The molecule has 0 fully saturated rings. The van der Waals surface area contributed by atoms with Crippen LogP contribution in [0.25, 0.3) is 0 Å². The largest absolute Gasteiger partial charge is 0.386 e. The van der Waals surface area contributed by atoms with Crippen LogP contribution in [0.2, 0.25) is 0 Å². The smallest absolute Gasteiger partial charge is 0.0797 e. The Balaban J connectivity index is 3.52. The van der Waals surface area contributed by atoms with E-state index in [2.05, 4.69) is 9.24 Å². The summed E-state index contributed by atoms with van der Waals surface area (Å²) in [5.74, 6) is 0.164. The molecule has 3 atom stereocenters. The van der Waals surface area contributed by atoms with Gasteiger partial charge >= 0.3 is 0 Å². The molecule has 3 unspecified atom stereocenters. The van der Waals surface area contributed by atoms with Crippen molar-refractivity contribution in [2.75, 3.05) is 13.2 Å². The second-order valence-electron chi connectivity index (χ2n) is 2.79. The lowest BCUT2D eigenvalue weighted by molar-refractivity contribution is 0.0291. The second kappa shape index (κ2) is 4.27. The molecule has 0 saturated carbocycles. The molecule has 0 saturated heterocycles. The van der Waals surface area contributed by atoms with Gasteiger partial charge in [-0.25, -0.2) is 0 Å². The Morgan fingerprint density at radius 3 is 2.50 bits per heavy atom. The van der Waals surface area contributed by atoms with Crippen LogP contribution in [0.3, 0.4) is 0 Å². The number of hydrogen-bond acceptors (Lipinski definition) is 2. The molecule has 0 spiro atoms. The molecule has 0 bridgehead atoms. The van der Waals surface area contributed by atoms with Crippen molar-refractivity contribution in [1.82, 2.24) is 0 Å². The molecule has 62 valence electrons. The van der Waals surface area contributed by atoms with Crippen molar-refractivity contribution < 1.29 is 9.84 Å². The van der Waals surface area contributed by atoms with Crippen LogP contribution in [0.1, 0.15) is 20.8 Å². The Bertz CT molecular complexity index is 88.1. The first-order chi connectivity index (χ1) is 4.48. The van der Waals surface area contributed by atoms with Crippen LogP contribution >= 0.6 is 9.24 Å². The monoisotopic (exact) mass is 164 g/mol. The van der Waals surface area contributed by atoms with Crippen molar-refractivity contribution in [3.05, 3.63) is 0 Å². The first kappa shape index (κ1) is 10.3. The summed E-state index contributed by atoms with van der Waals surface area (Å²) >= 11 is 0. The SMILES string of the molecule is CCOCC(C)C(C)(O)P. The molecule has 0 aromatic heterocycles. The third-order valence-corrected chi connectivity index (χ3v) is 2.14. The zero-order valence-corrected chi connectivity index (χ0v) is 8.08. The quantitative estimate of drug-likeness (QED) is 0.633. The predicted octanol–water partition coefficient (Wildman–Crippen LogP) is 1.24. The van der Waals surface area contributed by atoms with Gasteiger partial charge in [0.2, 0.25) is 0 Å². The van der Waals surface area contributed by atoms with Crippen molar-refractivity contribution in [3.63, 3.8) is 0 Å². The van der Waals surface area contributed by atoms with Crippen molar-refractivity contribution in [2.24, 2.45) is 5.92 Å². The molecule has 0 aromatic carbocycles. The van der Waals surface area contributed by atoms with Gasteiger partial charge in [-0.2, -0.15) is 0 Å². The first-order valence-electron chi connectivity index (χ1n) is 3.57. The van der Waals surface area contributed by atoms with Gasteiger partial charge in [-0.05, 0) is 13.8 Å². The lowest BCUT2D eigenvalue weighted by Crippen LogP contribution is -2.28. The summed E-state index contributed by atoms with van der Waals surface area (Å²) in [6.07, 6.45) is 0. The normalized spacial score (nSPS) is 20.1. The van der Waals surface area contributed by atoms with E-state index in [4.69, 9.17) is 4.74 Å². The fraction of sp³-hybridized carbons (Fsp3) is 1.00. The van der Waals surface area contributed by atoms with Gasteiger partial charge in [0.15, 0.2) is 0 Å². The molecule has 0 aliphatic rings.